The van der Waals surface area contributed by atoms with Crippen molar-refractivity contribution in [3.63, 3.8) is 0 Å². The van der Waals surface area contributed by atoms with E-state index in [1.165, 1.54) is 19.8 Å². The highest BCUT2D eigenvalue weighted by atomic mass is 19.1. The minimum atomic E-state index is -0.0504. The molecule has 0 saturated carbocycles. The Bertz CT molecular complexity index is 134. The Morgan fingerprint density at radius 1 is 1.33 bits per heavy atom. The predicted molar refractivity (Wildman–Crippen MR) is 52.7 cm³/mol. The van der Waals surface area contributed by atoms with Crippen LogP contribution in [0.25, 0.3) is 0 Å². The van der Waals surface area contributed by atoms with Crippen LogP contribution in [0.2, 0.25) is 0 Å². The lowest BCUT2D eigenvalue weighted by molar-refractivity contribution is 0.362. The van der Waals surface area contributed by atoms with Gasteiger partial charge >= 0.3 is 0 Å². The molecule has 72 valence electrons. The van der Waals surface area contributed by atoms with Crippen molar-refractivity contribution in [1.82, 2.24) is 0 Å². The van der Waals surface area contributed by atoms with Crippen LogP contribution in [0, 0.1) is 11.8 Å². The van der Waals surface area contributed by atoms with E-state index < -0.39 is 0 Å². The van der Waals surface area contributed by atoms with Crippen molar-refractivity contribution < 1.29 is 4.39 Å². The molecule has 0 spiro atoms. The third-order valence-corrected chi connectivity index (χ3v) is 2.49. The molecule has 2 atom stereocenters. The highest BCUT2D eigenvalue weighted by Gasteiger charge is 2.09. The SMILES string of the molecule is CCCC(C)C(C)CC=C(C)F. The molecule has 0 radical (unpaired) electrons. The van der Waals surface area contributed by atoms with Gasteiger partial charge in [0.2, 0.25) is 0 Å². The molecule has 0 aliphatic carbocycles. The molecule has 0 nitrogen and oxygen atoms in total. The molecule has 0 N–H and O–H groups in total. The molecule has 0 fully saturated rings. The summed E-state index contributed by atoms with van der Waals surface area (Å²) in [5.74, 6) is 1.27. The fourth-order valence-electron chi connectivity index (χ4n) is 1.32. The summed E-state index contributed by atoms with van der Waals surface area (Å²) >= 11 is 0. The summed E-state index contributed by atoms with van der Waals surface area (Å²) in [4.78, 5) is 0. The number of halogens is 1. The Balaban J connectivity index is 3.70. The van der Waals surface area contributed by atoms with Crippen LogP contribution in [0.4, 0.5) is 4.39 Å². The van der Waals surface area contributed by atoms with Crippen molar-refractivity contribution in [3.05, 3.63) is 11.9 Å². The molecular weight excluding hydrogens is 151 g/mol. The first-order chi connectivity index (χ1) is 5.57. The summed E-state index contributed by atoms with van der Waals surface area (Å²) in [6, 6.07) is 0. The van der Waals surface area contributed by atoms with Gasteiger partial charge in [-0.25, -0.2) is 4.39 Å². The van der Waals surface area contributed by atoms with Crippen molar-refractivity contribution in [2.75, 3.05) is 0 Å². The van der Waals surface area contributed by atoms with Crippen molar-refractivity contribution >= 4 is 0 Å². The van der Waals surface area contributed by atoms with Gasteiger partial charge in [0.15, 0.2) is 0 Å². The van der Waals surface area contributed by atoms with Crippen molar-refractivity contribution in [3.8, 4) is 0 Å². The molecule has 1 heteroatoms. The molecule has 0 bridgehead atoms. The van der Waals surface area contributed by atoms with Gasteiger partial charge in [-0.05, 0) is 25.2 Å². The van der Waals surface area contributed by atoms with Gasteiger partial charge in [0.05, 0.1) is 5.83 Å². The molecule has 0 aliphatic heterocycles. The standard InChI is InChI=1S/C11H21F/c1-5-6-9(2)10(3)7-8-11(4)12/h8-10H,5-7H2,1-4H3. The summed E-state index contributed by atoms with van der Waals surface area (Å²) in [6.07, 6.45) is 5.05. The Morgan fingerprint density at radius 2 is 1.92 bits per heavy atom. The third kappa shape index (κ3) is 5.34. The van der Waals surface area contributed by atoms with E-state index >= 15 is 0 Å². The van der Waals surface area contributed by atoms with Crippen LogP contribution in [-0.2, 0) is 0 Å². The summed E-state index contributed by atoms with van der Waals surface area (Å²) < 4.78 is 12.4. The Morgan fingerprint density at radius 3 is 2.33 bits per heavy atom. The monoisotopic (exact) mass is 172 g/mol. The minimum Gasteiger partial charge on any atom is -0.212 e. The fourth-order valence-corrected chi connectivity index (χ4v) is 1.32. The van der Waals surface area contributed by atoms with Crippen molar-refractivity contribution in [2.24, 2.45) is 11.8 Å². The molecule has 0 aromatic heterocycles. The van der Waals surface area contributed by atoms with Gasteiger partial charge < -0.3 is 0 Å². The van der Waals surface area contributed by atoms with Crippen LogP contribution in [0.3, 0.4) is 0 Å². The van der Waals surface area contributed by atoms with Crippen LogP contribution < -0.4 is 0 Å². The van der Waals surface area contributed by atoms with Crippen LogP contribution in [-0.4, -0.2) is 0 Å². The van der Waals surface area contributed by atoms with Gasteiger partial charge in [-0.3, -0.25) is 0 Å². The predicted octanol–water partition coefficient (Wildman–Crippen LogP) is 4.32. The van der Waals surface area contributed by atoms with Gasteiger partial charge in [0, 0.05) is 0 Å². The minimum absolute atomic E-state index is 0.0504. The Hall–Kier alpha value is -0.330. The number of rotatable bonds is 5. The molecule has 2 unspecified atom stereocenters. The largest absolute Gasteiger partial charge is 0.212 e. The second kappa shape index (κ2) is 6.22. The van der Waals surface area contributed by atoms with Gasteiger partial charge in [-0.1, -0.05) is 39.7 Å². The van der Waals surface area contributed by atoms with E-state index in [0.717, 1.165) is 6.42 Å². The average Bonchev–Trinajstić information content (AvgIpc) is 2.00. The summed E-state index contributed by atoms with van der Waals surface area (Å²) in [5.41, 5.74) is 0. The van der Waals surface area contributed by atoms with Gasteiger partial charge in [-0.2, -0.15) is 0 Å². The molecule has 0 rings (SSSR count). The van der Waals surface area contributed by atoms with E-state index in [1.807, 2.05) is 0 Å². The van der Waals surface area contributed by atoms with Gasteiger partial charge in [0.25, 0.3) is 0 Å². The number of allylic oxidation sites excluding steroid dienone is 2. The zero-order chi connectivity index (χ0) is 9.56. The molecule has 0 aromatic carbocycles. The maximum atomic E-state index is 12.4. The second-order valence-electron chi connectivity index (χ2n) is 3.77. The molecular formula is C11H21F. The molecule has 0 heterocycles. The smallest absolute Gasteiger partial charge is 0.0929 e. The first-order valence-corrected chi connectivity index (χ1v) is 4.90. The van der Waals surface area contributed by atoms with E-state index in [9.17, 15) is 4.39 Å². The maximum Gasteiger partial charge on any atom is 0.0929 e. The average molecular weight is 172 g/mol. The van der Waals surface area contributed by atoms with E-state index in [-0.39, 0.29) is 5.83 Å². The molecule has 0 saturated heterocycles. The van der Waals surface area contributed by atoms with Crippen LogP contribution in [0.5, 0.6) is 0 Å². The summed E-state index contributed by atoms with van der Waals surface area (Å²) in [5, 5.41) is 0. The summed E-state index contributed by atoms with van der Waals surface area (Å²) in [7, 11) is 0. The molecule has 0 amide bonds. The highest BCUT2D eigenvalue weighted by molar-refractivity contribution is 4.88. The second-order valence-corrected chi connectivity index (χ2v) is 3.77. The zero-order valence-electron chi connectivity index (χ0n) is 8.73. The lowest BCUT2D eigenvalue weighted by Gasteiger charge is -2.17. The zero-order valence-corrected chi connectivity index (χ0v) is 8.73. The van der Waals surface area contributed by atoms with E-state index in [4.69, 9.17) is 0 Å². The first-order valence-electron chi connectivity index (χ1n) is 4.90. The van der Waals surface area contributed by atoms with E-state index in [2.05, 4.69) is 20.8 Å². The van der Waals surface area contributed by atoms with Crippen LogP contribution >= 0.6 is 0 Å². The molecule has 0 aromatic rings. The van der Waals surface area contributed by atoms with E-state index in [0.29, 0.717) is 11.8 Å². The Kier molecular flexibility index (Phi) is 6.04. The van der Waals surface area contributed by atoms with E-state index in [1.54, 1.807) is 6.08 Å². The first kappa shape index (κ1) is 11.7. The quantitative estimate of drug-likeness (QED) is 0.579. The normalized spacial score (nSPS) is 17.6. The lowest BCUT2D eigenvalue weighted by Crippen LogP contribution is -2.06. The molecule has 0 aliphatic rings. The Labute approximate surface area is 75.9 Å². The topological polar surface area (TPSA) is 0 Å². The van der Waals surface area contributed by atoms with Gasteiger partial charge in [-0.15, -0.1) is 0 Å². The van der Waals surface area contributed by atoms with Crippen molar-refractivity contribution in [1.29, 1.82) is 0 Å². The van der Waals surface area contributed by atoms with Crippen LogP contribution in [0.15, 0.2) is 11.9 Å². The summed E-state index contributed by atoms with van der Waals surface area (Å²) in [6.45, 7) is 8.14. The number of hydrogen-bond acceptors (Lipinski definition) is 0. The fraction of sp³-hybridized carbons (Fsp3) is 0.818. The van der Waals surface area contributed by atoms with Gasteiger partial charge in [0.1, 0.15) is 0 Å². The molecule has 12 heavy (non-hydrogen) atoms. The van der Waals surface area contributed by atoms with Crippen molar-refractivity contribution in [2.45, 2.75) is 47.0 Å². The number of hydrogen-bond donors (Lipinski definition) is 0. The lowest BCUT2D eigenvalue weighted by atomic mass is 9.89. The maximum absolute atomic E-state index is 12.4. The highest BCUT2D eigenvalue weighted by Crippen LogP contribution is 2.20. The third-order valence-electron chi connectivity index (χ3n) is 2.49. The van der Waals surface area contributed by atoms with Crippen LogP contribution in [0.1, 0.15) is 47.0 Å².